The number of aromatic nitrogens is 2. The smallest absolute Gasteiger partial charge is 0.166 e. The lowest BCUT2D eigenvalue weighted by Gasteiger charge is -2.19. The molecule has 0 radical (unpaired) electrons. The van der Waals surface area contributed by atoms with Crippen molar-refractivity contribution in [1.29, 1.82) is 0 Å². The van der Waals surface area contributed by atoms with Gasteiger partial charge in [-0.1, -0.05) is 12.1 Å². The molecule has 1 aliphatic heterocycles. The molecular weight excluding hydrogens is 307 g/mol. The molecule has 1 fully saturated rings. The highest BCUT2D eigenvalue weighted by Crippen LogP contribution is 2.36. The molecule has 0 spiro atoms. The van der Waals surface area contributed by atoms with Gasteiger partial charge in [0.1, 0.15) is 12.2 Å². The van der Waals surface area contributed by atoms with Crippen LogP contribution in [-0.4, -0.2) is 39.6 Å². The van der Waals surface area contributed by atoms with Gasteiger partial charge in [-0.3, -0.25) is 8.58 Å². The fourth-order valence-corrected chi connectivity index (χ4v) is 2.87. The lowest BCUT2D eigenvalue weighted by Crippen LogP contribution is -2.34. The van der Waals surface area contributed by atoms with Gasteiger partial charge in [0.05, 0.1) is 47.7 Å². The van der Waals surface area contributed by atoms with E-state index in [-0.39, 0.29) is 6.61 Å². The van der Waals surface area contributed by atoms with Crippen LogP contribution in [-0.2, 0) is 13.3 Å². The second-order valence-corrected chi connectivity index (χ2v) is 4.85. The molecule has 20 heavy (non-hydrogen) atoms. The average Bonchev–Trinajstić information content (AvgIpc) is 3.06. The molecule has 0 saturated carbocycles. The summed E-state index contributed by atoms with van der Waals surface area (Å²) in [5.41, 5.74) is 1.68. The first-order chi connectivity index (χ1) is 9.80. The molecule has 2 heterocycles. The lowest BCUT2D eigenvalue weighted by molar-refractivity contribution is -0.0462. The molecule has 3 rings (SSSR count). The van der Waals surface area contributed by atoms with E-state index in [1.54, 1.807) is 10.9 Å². The van der Waals surface area contributed by atoms with Gasteiger partial charge in [0.25, 0.3) is 0 Å². The molecule has 1 aliphatic rings. The molecule has 6 nitrogen and oxygen atoms in total. The SMILES string of the molecule is OC[C@H]1OC(n2cnc3ccccc32)[C@H](OCl)[C@@H]1OCl. The van der Waals surface area contributed by atoms with E-state index in [4.69, 9.17) is 37.0 Å². The van der Waals surface area contributed by atoms with Crippen molar-refractivity contribution in [2.45, 2.75) is 24.5 Å². The van der Waals surface area contributed by atoms with E-state index in [0.717, 1.165) is 11.0 Å². The van der Waals surface area contributed by atoms with Crippen molar-refractivity contribution < 1.29 is 18.4 Å². The zero-order valence-electron chi connectivity index (χ0n) is 10.2. The Morgan fingerprint density at radius 2 is 2.00 bits per heavy atom. The predicted octanol–water partition coefficient (Wildman–Crippen LogP) is 2.00. The number of ether oxygens (including phenoxy) is 1. The van der Waals surface area contributed by atoms with Crippen LogP contribution in [0.5, 0.6) is 0 Å². The van der Waals surface area contributed by atoms with Gasteiger partial charge in [0.15, 0.2) is 12.3 Å². The fraction of sp³-hybridized carbons (Fsp3) is 0.417. The van der Waals surface area contributed by atoms with E-state index in [0.29, 0.717) is 0 Å². The number of halogens is 2. The van der Waals surface area contributed by atoms with Crippen LogP contribution in [0, 0.1) is 0 Å². The fourth-order valence-electron chi connectivity index (χ4n) is 2.46. The maximum Gasteiger partial charge on any atom is 0.166 e. The molecule has 108 valence electrons. The number of imidazole rings is 1. The lowest BCUT2D eigenvalue weighted by atomic mass is 10.1. The van der Waals surface area contributed by atoms with Gasteiger partial charge in [0.2, 0.25) is 0 Å². The molecule has 4 atom stereocenters. The Morgan fingerprint density at radius 3 is 2.70 bits per heavy atom. The topological polar surface area (TPSA) is 65.7 Å². The summed E-state index contributed by atoms with van der Waals surface area (Å²) in [6.45, 7) is -0.253. The second kappa shape index (κ2) is 5.85. The van der Waals surface area contributed by atoms with Gasteiger partial charge in [-0.15, -0.1) is 0 Å². The van der Waals surface area contributed by atoms with Crippen LogP contribution in [0.15, 0.2) is 30.6 Å². The highest BCUT2D eigenvalue weighted by molar-refractivity contribution is 6.08. The van der Waals surface area contributed by atoms with Crippen molar-refractivity contribution in [3.8, 4) is 0 Å². The second-order valence-electron chi connectivity index (χ2n) is 4.50. The summed E-state index contributed by atoms with van der Waals surface area (Å²) < 4.78 is 17.2. The summed E-state index contributed by atoms with van der Waals surface area (Å²) in [6, 6.07) is 7.58. The van der Waals surface area contributed by atoms with Crippen LogP contribution in [0.2, 0.25) is 0 Å². The Hall–Kier alpha value is -0.890. The van der Waals surface area contributed by atoms with Crippen LogP contribution < -0.4 is 0 Å². The van der Waals surface area contributed by atoms with E-state index in [1.807, 2.05) is 24.3 Å². The third-order valence-corrected chi connectivity index (χ3v) is 3.84. The van der Waals surface area contributed by atoms with Crippen LogP contribution in [0.3, 0.4) is 0 Å². The molecule has 1 aromatic carbocycles. The summed E-state index contributed by atoms with van der Waals surface area (Å²) in [5.74, 6) is 0. The number of fused-ring (bicyclic) bond motifs is 1. The van der Waals surface area contributed by atoms with Gasteiger partial charge in [-0.05, 0) is 12.1 Å². The number of nitrogens with zero attached hydrogens (tertiary/aromatic N) is 2. The van der Waals surface area contributed by atoms with Gasteiger partial charge in [-0.25, -0.2) is 4.98 Å². The minimum absolute atomic E-state index is 0.253. The van der Waals surface area contributed by atoms with Crippen molar-refractivity contribution in [3.63, 3.8) is 0 Å². The van der Waals surface area contributed by atoms with Crippen molar-refractivity contribution >= 4 is 34.8 Å². The molecule has 0 bridgehead atoms. The number of aliphatic hydroxyl groups is 1. The van der Waals surface area contributed by atoms with Gasteiger partial charge in [-0.2, -0.15) is 0 Å². The zero-order valence-corrected chi connectivity index (χ0v) is 11.7. The van der Waals surface area contributed by atoms with Gasteiger partial charge in [0, 0.05) is 0 Å². The molecule has 1 saturated heterocycles. The molecule has 2 aromatic rings. The average molecular weight is 319 g/mol. The standard InChI is InChI=1S/C12H12Cl2N2O4/c13-19-10-9(5-17)18-12(11(10)20-14)16-6-15-7-3-1-2-4-8(7)16/h1-4,6,9-12,17H,5H2/t9-,10-,11-,12?/m1/s1. The number of rotatable bonds is 4. The number of benzene rings is 1. The first kappa shape index (κ1) is 14.1. The maximum absolute atomic E-state index is 9.32. The molecule has 8 heteroatoms. The zero-order chi connectivity index (χ0) is 14.1. The van der Waals surface area contributed by atoms with Crippen molar-refractivity contribution in [3.05, 3.63) is 30.6 Å². The Bertz CT molecular complexity index is 594. The van der Waals surface area contributed by atoms with E-state index in [9.17, 15) is 5.11 Å². The Kier molecular flexibility index (Phi) is 4.11. The highest BCUT2D eigenvalue weighted by atomic mass is 35.5. The molecule has 1 unspecified atom stereocenters. The summed E-state index contributed by atoms with van der Waals surface area (Å²) in [4.78, 5) is 4.28. The molecule has 1 N–H and O–H groups in total. The number of aliphatic hydroxyl groups excluding tert-OH is 1. The van der Waals surface area contributed by atoms with E-state index >= 15 is 0 Å². The quantitative estimate of drug-likeness (QED) is 0.934. The third kappa shape index (κ3) is 2.18. The molecule has 1 aromatic heterocycles. The van der Waals surface area contributed by atoms with Crippen LogP contribution >= 0.6 is 23.7 Å². The summed E-state index contributed by atoms with van der Waals surface area (Å²) in [7, 11) is 0. The van der Waals surface area contributed by atoms with Crippen molar-refractivity contribution in [1.82, 2.24) is 9.55 Å². The molecular formula is C12H12Cl2N2O4. The van der Waals surface area contributed by atoms with Crippen LogP contribution in [0.4, 0.5) is 0 Å². The highest BCUT2D eigenvalue weighted by Gasteiger charge is 2.48. The minimum atomic E-state index is -0.676. The largest absolute Gasteiger partial charge is 0.394 e. The van der Waals surface area contributed by atoms with Gasteiger partial charge >= 0.3 is 0 Å². The Balaban J connectivity index is 2.00. The summed E-state index contributed by atoms with van der Waals surface area (Å²) >= 11 is 11.0. The first-order valence-electron chi connectivity index (χ1n) is 6.03. The predicted molar refractivity (Wildman–Crippen MR) is 72.2 cm³/mol. The van der Waals surface area contributed by atoms with Gasteiger partial charge < -0.3 is 14.4 Å². The molecule has 0 amide bonds. The number of hydrogen-bond acceptors (Lipinski definition) is 5. The van der Waals surface area contributed by atoms with E-state index in [2.05, 4.69) is 4.98 Å². The maximum atomic E-state index is 9.32. The molecule has 0 aliphatic carbocycles. The minimum Gasteiger partial charge on any atom is -0.394 e. The normalized spacial score (nSPS) is 30.1. The Morgan fingerprint density at radius 1 is 1.25 bits per heavy atom. The summed E-state index contributed by atoms with van der Waals surface area (Å²) in [5, 5.41) is 9.32. The number of para-hydroxylation sites is 2. The van der Waals surface area contributed by atoms with Crippen molar-refractivity contribution in [2.24, 2.45) is 0 Å². The van der Waals surface area contributed by atoms with E-state index < -0.39 is 24.5 Å². The Labute approximate surface area is 125 Å². The number of hydrogen-bond donors (Lipinski definition) is 1. The van der Waals surface area contributed by atoms with E-state index in [1.165, 1.54) is 0 Å². The van der Waals surface area contributed by atoms with Crippen LogP contribution in [0.1, 0.15) is 6.23 Å². The monoisotopic (exact) mass is 318 g/mol. The summed E-state index contributed by atoms with van der Waals surface area (Å²) in [6.07, 6.45) is -0.916. The third-order valence-electron chi connectivity index (χ3n) is 3.43. The van der Waals surface area contributed by atoms with Crippen LogP contribution in [0.25, 0.3) is 11.0 Å². The first-order valence-corrected chi connectivity index (χ1v) is 6.64. The van der Waals surface area contributed by atoms with Crippen molar-refractivity contribution in [2.75, 3.05) is 6.61 Å².